The van der Waals surface area contributed by atoms with E-state index >= 15 is 0 Å². The van der Waals surface area contributed by atoms with Crippen LogP contribution in [0.5, 0.6) is 0 Å². The molecule has 0 bridgehead atoms. The van der Waals surface area contributed by atoms with Gasteiger partial charge in [0.1, 0.15) is 0 Å². The molecule has 0 aromatic heterocycles. The van der Waals surface area contributed by atoms with Gasteiger partial charge in [0.05, 0.1) is 0 Å². The molecule has 0 aliphatic rings. The minimum atomic E-state index is 0.0134. The van der Waals surface area contributed by atoms with Crippen molar-refractivity contribution < 1.29 is 0 Å². The Kier molecular flexibility index (Phi) is 6.18. The lowest BCUT2D eigenvalue weighted by Gasteiger charge is -2.26. The van der Waals surface area contributed by atoms with Gasteiger partial charge in [0.25, 0.3) is 0 Å². The van der Waals surface area contributed by atoms with E-state index in [0.29, 0.717) is 0 Å². The van der Waals surface area contributed by atoms with Crippen molar-refractivity contribution >= 4 is 15.9 Å². The van der Waals surface area contributed by atoms with E-state index in [-0.39, 0.29) is 5.41 Å². The summed E-state index contributed by atoms with van der Waals surface area (Å²) in [5, 5.41) is 0. The molecule has 3 aromatic rings. The molecule has 0 spiro atoms. The first-order valence-electron chi connectivity index (χ1n) is 9.44. The van der Waals surface area contributed by atoms with Crippen molar-refractivity contribution in [1.82, 2.24) is 4.90 Å². The maximum Gasteiger partial charge on any atom is 0.0234 e. The maximum atomic E-state index is 3.60. The second kappa shape index (κ2) is 8.41. The Hall–Kier alpha value is -1.90. The van der Waals surface area contributed by atoms with E-state index < -0.39 is 0 Å². The number of hydrogen-bond donors (Lipinski definition) is 0. The van der Waals surface area contributed by atoms with E-state index in [4.69, 9.17) is 0 Å². The minimum Gasteiger partial charge on any atom is -0.298 e. The van der Waals surface area contributed by atoms with Crippen molar-refractivity contribution in [2.45, 2.75) is 39.3 Å². The zero-order chi connectivity index (χ0) is 19.4. The quantitative estimate of drug-likeness (QED) is 0.427. The molecule has 0 aliphatic carbocycles. The van der Waals surface area contributed by atoms with E-state index in [1.54, 1.807) is 0 Å². The van der Waals surface area contributed by atoms with Crippen LogP contribution in [0.4, 0.5) is 0 Å². The second-order valence-corrected chi connectivity index (χ2v) is 8.91. The highest BCUT2D eigenvalue weighted by atomic mass is 79.9. The summed E-state index contributed by atoms with van der Waals surface area (Å²) in [5.41, 5.74) is 6.69. The first-order valence-corrected chi connectivity index (χ1v) is 10.2. The second-order valence-electron chi connectivity index (χ2n) is 8.00. The summed E-state index contributed by atoms with van der Waals surface area (Å²) in [6, 6.07) is 26.4. The standard InChI is InChI=1S/C25H28BrN/c1-19-14-21(16-24(26)15-19)18-27(4)17-20-10-12-23(13-11-20)25(2,3)22-8-6-5-7-9-22/h5-16H,17-18H2,1-4H3. The first kappa shape index (κ1) is 19.9. The van der Waals surface area contributed by atoms with Gasteiger partial charge in [-0.2, -0.15) is 0 Å². The molecule has 27 heavy (non-hydrogen) atoms. The van der Waals surface area contributed by atoms with Gasteiger partial charge in [-0.25, -0.2) is 0 Å². The lowest BCUT2D eigenvalue weighted by molar-refractivity contribution is 0.319. The van der Waals surface area contributed by atoms with Crippen LogP contribution in [0.3, 0.4) is 0 Å². The molecule has 0 saturated heterocycles. The van der Waals surface area contributed by atoms with E-state index in [0.717, 1.165) is 17.6 Å². The monoisotopic (exact) mass is 421 g/mol. The lowest BCUT2D eigenvalue weighted by Crippen LogP contribution is -2.20. The van der Waals surface area contributed by atoms with Gasteiger partial charge in [0.2, 0.25) is 0 Å². The molecular formula is C25H28BrN. The summed E-state index contributed by atoms with van der Waals surface area (Å²) in [6.45, 7) is 8.61. The van der Waals surface area contributed by atoms with Crippen LogP contribution in [-0.4, -0.2) is 11.9 Å². The molecule has 140 valence electrons. The minimum absolute atomic E-state index is 0.0134. The van der Waals surface area contributed by atoms with Crippen LogP contribution in [-0.2, 0) is 18.5 Å². The van der Waals surface area contributed by atoms with Gasteiger partial charge in [-0.15, -0.1) is 0 Å². The van der Waals surface area contributed by atoms with Gasteiger partial charge in [-0.1, -0.05) is 90.4 Å². The van der Waals surface area contributed by atoms with Gasteiger partial charge in [0, 0.05) is 23.0 Å². The smallest absolute Gasteiger partial charge is 0.0234 e. The Labute approximate surface area is 172 Å². The van der Waals surface area contributed by atoms with Gasteiger partial charge in [-0.3, -0.25) is 4.90 Å². The predicted octanol–water partition coefficient (Wildman–Crippen LogP) is 6.72. The van der Waals surface area contributed by atoms with E-state index in [1.807, 2.05) is 0 Å². The van der Waals surface area contributed by atoms with E-state index in [9.17, 15) is 0 Å². The van der Waals surface area contributed by atoms with Crippen LogP contribution in [0.15, 0.2) is 77.3 Å². The van der Waals surface area contributed by atoms with Crippen molar-refractivity contribution in [3.63, 3.8) is 0 Å². The van der Waals surface area contributed by atoms with Crippen LogP contribution < -0.4 is 0 Å². The molecular weight excluding hydrogens is 394 g/mol. The zero-order valence-electron chi connectivity index (χ0n) is 16.7. The van der Waals surface area contributed by atoms with Gasteiger partial charge in [0.15, 0.2) is 0 Å². The normalized spacial score (nSPS) is 11.8. The molecule has 0 radical (unpaired) electrons. The Bertz CT molecular complexity index is 862. The molecule has 0 amide bonds. The third kappa shape index (κ3) is 5.09. The highest BCUT2D eigenvalue weighted by Gasteiger charge is 2.22. The highest BCUT2D eigenvalue weighted by molar-refractivity contribution is 9.10. The molecule has 0 fully saturated rings. The molecule has 0 N–H and O–H groups in total. The fraction of sp³-hybridized carbons (Fsp3) is 0.280. The van der Waals surface area contributed by atoms with E-state index in [2.05, 4.69) is 121 Å². The number of aryl methyl sites for hydroxylation is 1. The number of rotatable bonds is 6. The van der Waals surface area contributed by atoms with Crippen molar-refractivity contribution in [2.75, 3.05) is 7.05 Å². The van der Waals surface area contributed by atoms with Crippen molar-refractivity contribution in [3.05, 3.63) is 105 Å². The zero-order valence-corrected chi connectivity index (χ0v) is 18.3. The molecule has 0 saturated carbocycles. The van der Waals surface area contributed by atoms with Crippen molar-refractivity contribution in [1.29, 1.82) is 0 Å². The molecule has 3 aromatic carbocycles. The van der Waals surface area contributed by atoms with E-state index in [1.165, 1.54) is 27.8 Å². The van der Waals surface area contributed by atoms with Crippen LogP contribution in [0.1, 0.15) is 41.7 Å². The molecule has 0 aliphatic heterocycles. The Morgan fingerprint density at radius 1 is 0.778 bits per heavy atom. The van der Waals surface area contributed by atoms with Crippen LogP contribution in [0.2, 0.25) is 0 Å². The molecule has 2 heteroatoms. The molecule has 3 rings (SSSR count). The molecule has 0 atom stereocenters. The summed E-state index contributed by atoms with van der Waals surface area (Å²) < 4.78 is 1.15. The molecule has 0 unspecified atom stereocenters. The fourth-order valence-electron chi connectivity index (χ4n) is 3.63. The van der Waals surface area contributed by atoms with Gasteiger partial charge < -0.3 is 0 Å². The summed E-state index contributed by atoms with van der Waals surface area (Å²) >= 11 is 3.60. The van der Waals surface area contributed by atoms with Crippen molar-refractivity contribution in [2.24, 2.45) is 0 Å². The molecule has 1 nitrogen and oxygen atoms in total. The number of halogens is 1. The Morgan fingerprint density at radius 3 is 2.00 bits per heavy atom. The third-order valence-corrected chi connectivity index (χ3v) is 5.64. The number of benzene rings is 3. The fourth-order valence-corrected chi connectivity index (χ4v) is 4.29. The van der Waals surface area contributed by atoms with Crippen LogP contribution in [0.25, 0.3) is 0 Å². The first-order chi connectivity index (χ1) is 12.8. The predicted molar refractivity (Wildman–Crippen MR) is 119 cm³/mol. The Morgan fingerprint density at radius 2 is 1.37 bits per heavy atom. The van der Waals surface area contributed by atoms with Crippen molar-refractivity contribution in [3.8, 4) is 0 Å². The topological polar surface area (TPSA) is 3.24 Å². The Balaban J connectivity index is 1.68. The third-order valence-electron chi connectivity index (χ3n) is 5.18. The maximum absolute atomic E-state index is 3.60. The number of nitrogens with zero attached hydrogens (tertiary/aromatic N) is 1. The summed E-state index contributed by atoms with van der Waals surface area (Å²) in [6.07, 6.45) is 0. The molecule has 0 heterocycles. The van der Waals surface area contributed by atoms with Gasteiger partial charge >= 0.3 is 0 Å². The summed E-state index contributed by atoms with van der Waals surface area (Å²) in [5.74, 6) is 0. The number of hydrogen-bond acceptors (Lipinski definition) is 1. The largest absolute Gasteiger partial charge is 0.298 e. The van der Waals surface area contributed by atoms with Gasteiger partial charge in [-0.05, 0) is 53.9 Å². The average molecular weight is 422 g/mol. The van der Waals surface area contributed by atoms with Crippen LogP contribution >= 0.6 is 15.9 Å². The van der Waals surface area contributed by atoms with Crippen LogP contribution in [0, 0.1) is 6.92 Å². The highest BCUT2D eigenvalue weighted by Crippen LogP contribution is 2.31. The lowest BCUT2D eigenvalue weighted by atomic mass is 9.78. The summed E-state index contributed by atoms with van der Waals surface area (Å²) in [7, 11) is 2.18. The summed E-state index contributed by atoms with van der Waals surface area (Å²) in [4.78, 5) is 2.36. The SMILES string of the molecule is Cc1cc(Br)cc(CN(C)Cc2ccc(C(C)(C)c3ccccc3)cc2)c1. The average Bonchev–Trinajstić information content (AvgIpc) is 2.62.